The van der Waals surface area contributed by atoms with Gasteiger partial charge in [-0.1, -0.05) is 12.1 Å². The number of aromatic nitrogens is 3. The number of hydrogen-bond donors (Lipinski definition) is 2. The number of carboxylic acids is 1. The summed E-state index contributed by atoms with van der Waals surface area (Å²) < 4.78 is 1.37. The van der Waals surface area contributed by atoms with Crippen molar-refractivity contribution in [1.29, 1.82) is 0 Å². The van der Waals surface area contributed by atoms with Crippen LogP contribution in [0.5, 0.6) is 0 Å². The van der Waals surface area contributed by atoms with E-state index in [1.165, 1.54) is 10.2 Å². The molecule has 5 heteroatoms. The van der Waals surface area contributed by atoms with Crippen LogP contribution in [0.4, 0.5) is 0 Å². The average Bonchev–Trinajstić information content (AvgIpc) is 2.91. The molecule has 0 spiro atoms. The van der Waals surface area contributed by atoms with Crippen LogP contribution in [0.1, 0.15) is 16.1 Å². The molecule has 2 N–H and O–H groups in total. The minimum absolute atomic E-state index is 0.171. The van der Waals surface area contributed by atoms with Gasteiger partial charge in [0.1, 0.15) is 11.4 Å². The average molecular weight is 255 g/mol. The molecule has 0 aliphatic carbocycles. The molecule has 0 atom stereocenters. The second-order valence-electron chi connectivity index (χ2n) is 4.62. The van der Waals surface area contributed by atoms with Gasteiger partial charge in [0.25, 0.3) is 0 Å². The highest BCUT2D eigenvalue weighted by atomic mass is 16.4. The van der Waals surface area contributed by atoms with Crippen molar-refractivity contribution < 1.29 is 9.90 Å². The summed E-state index contributed by atoms with van der Waals surface area (Å²) in [4.78, 5) is 14.3. The van der Waals surface area contributed by atoms with Crippen molar-refractivity contribution in [2.75, 3.05) is 0 Å². The summed E-state index contributed by atoms with van der Waals surface area (Å²) >= 11 is 0. The van der Waals surface area contributed by atoms with Crippen LogP contribution in [-0.2, 0) is 7.05 Å². The molecule has 0 unspecified atom stereocenters. The lowest BCUT2D eigenvalue weighted by Gasteiger charge is -1.92. The molecule has 2 aromatic heterocycles. The van der Waals surface area contributed by atoms with Crippen LogP contribution in [-0.4, -0.2) is 25.8 Å². The van der Waals surface area contributed by atoms with E-state index in [0.29, 0.717) is 5.69 Å². The van der Waals surface area contributed by atoms with Gasteiger partial charge in [0.2, 0.25) is 0 Å². The second-order valence-corrected chi connectivity index (χ2v) is 4.62. The van der Waals surface area contributed by atoms with Gasteiger partial charge in [-0.2, -0.15) is 5.10 Å². The Morgan fingerprint density at radius 3 is 2.79 bits per heavy atom. The first-order chi connectivity index (χ1) is 9.04. The Labute approximate surface area is 109 Å². The maximum absolute atomic E-state index is 11.0. The van der Waals surface area contributed by atoms with Crippen LogP contribution in [0.3, 0.4) is 0 Å². The first-order valence-electron chi connectivity index (χ1n) is 5.91. The van der Waals surface area contributed by atoms with Crippen LogP contribution in [0, 0.1) is 6.92 Å². The summed E-state index contributed by atoms with van der Waals surface area (Å²) in [5.41, 5.74) is 3.83. The monoisotopic (exact) mass is 255 g/mol. The predicted octanol–water partition coefficient (Wildman–Crippen LogP) is 2.58. The zero-order valence-electron chi connectivity index (χ0n) is 10.6. The van der Waals surface area contributed by atoms with Gasteiger partial charge in [-0.3, -0.25) is 4.68 Å². The maximum Gasteiger partial charge on any atom is 0.354 e. The Kier molecular flexibility index (Phi) is 2.41. The molecule has 0 fully saturated rings. The molecule has 5 nitrogen and oxygen atoms in total. The van der Waals surface area contributed by atoms with Crippen LogP contribution in [0.15, 0.2) is 30.3 Å². The molecule has 19 heavy (non-hydrogen) atoms. The van der Waals surface area contributed by atoms with Crippen molar-refractivity contribution in [3.8, 4) is 11.4 Å². The van der Waals surface area contributed by atoms with E-state index >= 15 is 0 Å². The van der Waals surface area contributed by atoms with Gasteiger partial charge in [-0.05, 0) is 24.6 Å². The Hall–Kier alpha value is -2.56. The number of benzene rings is 1. The largest absolute Gasteiger partial charge is 0.477 e. The number of aromatic amines is 1. The third-order valence-electron chi connectivity index (χ3n) is 3.15. The summed E-state index contributed by atoms with van der Waals surface area (Å²) in [6.45, 7) is 2.03. The third-order valence-corrected chi connectivity index (χ3v) is 3.15. The SMILES string of the molecule is Cc1ccc2cc(-c3cc(C(=O)O)n(C)n3)[nH]c2c1. The highest BCUT2D eigenvalue weighted by molar-refractivity contribution is 5.89. The van der Waals surface area contributed by atoms with E-state index in [9.17, 15) is 4.79 Å². The number of fused-ring (bicyclic) bond motifs is 1. The van der Waals surface area contributed by atoms with Crippen molar-refractivity contribution in [3.05, 3.63) is 41.6 Å². The molecule has 0 amide bonds. The second kappa shape index (κ2) is 3.98. The Morgan fingerprint density at radius 2 is 2.11 bits per heavy atom. The number of carboxylic acid groups (broad SMARTS) is 1. The highest BCUT2D eigenvalue weighted by Gasteiger charge is 2.14. The lowest BCUT2D eigenvalue weighted by molar-refractivity contribution is 0.0685. The first kappa shape index (κ1) is 11.5. The lowest BCUT2D eigenvalue weighted by Crippen LogP contribution is -2.04. The number of aryl methyl sites for hydroxylation is 2. The van der Waals surface area contributed by atoms with Crippen molar-refractivity contribution in [2.24, 2.45) is 7.05 Å². The van der Waals surface area contributed by atoms with Gasteiger partial charge in [-0.25, -0.2) is 4.79 Å². The number of nitrogens with one attached hydrogen (secondary N) is 1. The van der Waals surface area contributed by atoms with Crippen LogP contribution >= 0.6 is 0 Å². The van der Waals surface area contributed by atoms with E-state index in [4.69, 9.17) is 5.11 Å². The topological polar surface area (TPSA) is 70.9 Å². The van der Waals surface area contributed by atoms with Gasteiger partial charge in [-0.15, -0.1) is 0 Å². The number of H-pyrrole nitrogens is 1. The molecule has 96 valence electrons. The Bertz CT molecular complexity index is 783. The van der Waals surface area contributed by atoms with E-state index in [0.717, 1.165) is 16.6 Å². The summed E-state index contributed by atoms with van der Waals surface area (Å²) in [6.07, 6.45) is 0. The number of carbonyl (C=O) groups is 1. The van der Waals surface area contributed by atoms with Gasteiger partial charge < -0.3 is 10.1 Å². The molecular weight excluding hydrogens is 242 g/mol. The summed E-state index contributed by atoms with van der Waals surface area (Å²) in [5, 5.41) is 14.3. The summed E-state index contributed by atoms with van der Waals surface area (Å²) in [6, 6.07) is 9.68. The van der Waals surface area contributed by atoms with Gasteiger partial charge >= 0.3 is 5.97 Å². The van der Waals surface area contributed by atoms with Crippen LogP contribution in [0.2, 0.25) is 0 Å². The standard InChI is InChI=1S/C14H13N3O2/c1-8-3-4-9-6-11(15-10(9)5-8)12-7-13(14(18)19)17(2)16-12/h3-7,15H,1-2H3,(H,18,19). The quantitative estimate of drug-likeness (QED) is 0.739. The van der Waals surface area contributed by atoms with E-state index in [1.807, 2.05) is 25.1 Å². The molecule has 0 saturated carbocycles. The molecule has 0 radical (unpaired) electrons. The van der Waals surface area contributed by atoms with Crippen molar-refractivity contribution in [2.45, 2.75) is 6.92 Å². The fraction of sp³-hybridized carbons (Fsp3) is 0.143. The lowest BCUT2D eigenvalue weighted by atomic mass is 10.2. The van der Waals surface area contributed by atoms with Crippen molar-refractivity contribution in [3.63, 3.8) is 0 Å². The first-order valence-corrected chi connectivity index (χ1v) is 5.91. The minimum atomic E-state index is -0.979. The molecular formula is C14H13N3O2. The van der Waals surface area contributed by atoms with Crippen molar-refractivity contribution in [1.82, 2.24) is 14.8 Å². The third kappa shape index (κ3) is 1.89. The van der Waals surface area contributed by atoms with Gasteiger partial charge in [0.05, 0.1) is 5.69 Å². The Morgan fingerprint density at radius 1 is 1.32 bits per heavy atom. The minimum Gasteiger partial charge on any atom is -0.477 e. The van der Waals surface area contributed by atoms with Crippen LogP contribution in [0.25, 0.3) is 22.3 Å². The van der Waals surface area contributed by atoms with E-state index in [1.54, 1.807) is 13.1 Å². The fourth-order valence-corrected chi connectivity index (χ4v) is 2.18. The zero-order chi connectivity index (χ0) is 13.6. The molecule has 3 aromatic rings. The molecule has 1 aromatic carbocycles. The predicted molar refractivity (Wildman–Crippen MR) is 72.2 cm³/mol. The van der Waals surface area contributed by atoms with Crippen molar-refractivity contribution >= 4 is 16.9 Å². The zero-order valence-corrected chi connectivity index (χ0v) is 10.6. The summed E-state index contributed by atoms with van der Waals surface area (Å²) in [7, 11) is 1.62. The van der Waals surface area contributed by atoms with E-state index < -0.39 is 5.97 Å². The van der Waals surface area contributed by atoms with Gasteiger partial charge in [0, 0.05) is 24.0 Å². The highest BCUT2D eigenvalue weighted by Crippen LogP contribution is 2.24. The van der Waals surface area contributed by atoms with E-state index in [-0.39, 0.29) is 5.69 Å². The molecule has 0 aliphatic rings. The Balaban J connectivity index is 2.13. The number of rotatable bonds is 2. The number of aromatic carboxylic acids is 1. The fourth-order valence-electron chi connectivity index (χ4n) is 2.18. The molecule has 0 saturated heterocycles. The molecule has 2 heterocycles. The van der Waals surface area contributed by atoms with Gasteiger partial charge in [0.15, 0.2) is 0 Å². The molecule has 0 aliphatic heterocycles. The number of nitrogens with zero attached hydrogens (tertiary/aromatic N) is 2. The smallest absolute Gasteiger partial charge is 0.354 e. The molecule has 0 bridgehead atoms. The van der Waals surface area contributed by atoms with Crippen LogP contribution < -0.4 is 0 Å². The summed E-state index contributed by atoms with van der Waals surface area (Å²) in [5.74, 6) is -0.979. The normalized spacial score (nSPS) is 11.1. The maximum atomic E-state index is 11.0. The van der Waals surface area contributed by atoms with E-state index in [2.05, 4.69) is 16.1 Å². The number of hydrogen-bond acceptors (Lipinski definition) is 2. The molecule has 3 rings (SSSR count).